The van der Waals surface area contributed by atoms with E-state index < -0.39 is 0 Å². The summed E-state index contributed by atoms with van der Waals surface area (Å²) in [6.07, 6.45) is 5.23. The molecule has 0 bridgehead atoms. The molecule has 0 radical (unpaired) electrons. The summed E-state index contributed by atoms with van der Waals surface area (Å²) < 4.78 is 1.08. The summed E-state index contributed by atoms with van der Waals surface area (Å²) >= 11 is 0.00521. The van der Waals surface area contributed by atoms with Crippen molar-refractivity contribution in [2.24, 2.45) is 15.9 Å². The fraction of sp³-hybridized carbons (Fsp3) is 0.235. The molecule has 2 heterocycles. The summed E-state index contributed by atoms with van der Waals surface area (Å²) in [7, 11) is 1.72. The number of hydrogen-bond acceptors (Lipinski definition) is 6. The molecule has 0 spiro atoms. The van der Waals surface area contributed by atoms with E-state index in [0.717, 1.165) is 15.6 Å². The average molecular weight is 453 g/mol. The third-order valence-corrected chi connectivity index (χ3v) is 8.72. The minimum absolute atomic E-state index is 0.00521. The first-order valence-corrected chi connectivity index (χ1v) is 12.3. The van der Waals surface area contributed by atoms with Crippen LogP contribution in [0.15, 0.2) is 58.9 Å². The van der Waals surface area contributed by atoms with Crippen LogP contribution < -0.4 is 25.6 Å². The molecular formula is C17H18IN4OS-. The van der Waals surface area contributed by atoms with E-state index in [1.807, 2.05) is 24.3 Å². The number of oxime groups is 1. The number of amidine groups is 1. The fourth-order valence-electron chi connectivity index (χ4n) is 2.27. The standard InChI is InChI=1S/C17H18IN4OS/c1-17(12-18-24-16(19)22-17)15-6-2-4-13(8-15)10-21-23-11-14-5-3-7-20-9-14/h2-10H,11-12H2,1H3,(H2,19,22)/q-1/b21-10+. The molecule has 126 valence electrons. The van der Waals surface area contributed by atoms with E-state index >= 15 is 0 Å². The van der Waals surface area contributed by atoms with E-state index in [0.29, 0.717) is 11.8 Å². The Balaban J connectivity index is 1.67. The SMILES string of the molecule is CC1(c2cccc(/C=N/OCc3cccnc3)c2)C[I-]SC(N)=N1. The van der Waals surface area contributed by atoms with Gasteiger partial charge in [-0.05, 0) is 0 Å². The average Bonchev–Trinajstić information content (AvgIpc) is 2.60. The molecule has 1 unspecified atom stereocenters. The summed E-state index contributed by atoms with van der Waals surface area (Å²) in [4.78, 5) is 14.0. The van der Waals surface area contributed by atoms with Crippen molar-refractivity contribution in [1.29, 1.82) is 0 Å². The van der Waals surface area contributed by atoms with Gasteiger partial charge in [0.05, 0.1) is 0 Å². The Morgan fingerprint density at radius 1 is 1.42 bits per heavy atom. The number of benzene rings is 1. The zero-order valence-corrected chi connectivity index (χ0v) is 16.2. The predicted octanol–water partition coefficient (Wildman–Crippen LogP) is -0.0870. The number of hydrogen-bond donors (Lipinski definition) is 1. The van der Waals surface area contributed by atoms with Gasteiger partial charge < -0.3 is 0 Å². The number of alkyl halides is 1. The van der Waals surface area contributed by atoms with Crippen molar-refractivity contribution < 1.29 is 24.7 Å². The van der Waals surface area contributed by atoms with E-state index in [9.17, 15) is 0 Å². The summed E-state index contributed by atoms with van der Waals surface area (Å²) in [5.41, 5.74) is 8.86. The molecule has 0 fully saturated rings. The zero-order valence-electron chi connectivity index (χ0n) is 13.2. The van der Waals surface area contributed by atoms with Crippen LogP contribution in [0.1, 0.15) is 23.6 Å². The van der Waals surface area contributed by atoms with Gasteiger partial charge in [-0.2, -0.15) is 0 Å². The van der Waals surface area contributed by atoms with E-state index in [-0.39, 0.29) is 25.4 Å². The molecule has 5 nitrogen and oxygen atoms in total. The van der Waals surface area contributed by atoms with Crippen molar-refractivity contribution in [2.75, 3.05) is 4.43 Å². The summed E-state index contributed by atoms with van der Waals surface area (Å²) in [5.74, 6) is 0. The maximum absolute atomic E-state index is 5.93. The van der Waals surface area contributed by atoms with Gasteiger partial charge in [-0.25, -0.2) is 0 Å². The third kappa shape index (κ3) is 4.47. The molecule has 1 aliphatic rings. The molecule has 2 aromatic rings. The van der Waals surface area contributed by atoms with E-state index in [1.54, 1.807) is 27.5 Å². The van der Waals surface area contributed by atoms with Crippen LogP contribution in [0.2, 0.25) is 0 Å². The van der Waals surface area contributed by atoms with Crippen LogP contribution in [0.5, 0.6) is 0 Å². The molecule has 3 rings (SSSR count). The fourth-order valence-corrected chi connectivity index (χ4v) is 7.03. The van der Waals surface area contributed by atoms with Gasteiger partial charge in [0.15, 0.2) is 0 Å². The van der Waals surface area contributed by atoms with Crippen molar-refractivity contribution in [3.63, 3.8) is 0 Å². The molecule has 0 saturated heterocycles. The van der Waals surface area contributed by atoms with Crippen molar-refractivity contribution in [3.05, 3.63) is 65.5 Å². The number of nitrogens with two attached hydrogens (primary N) is 1. The Bertz CT molecular complexity index is 753. The molecule has 1 aliphatic heterocycles. The summed E-state index contributed by atoms with van der Waals surface area (Å²) in [6.45, 7) is 2.55. The van der Waals surface area contributed by atoms with Crippen molar-refractivity contribution in [1.82, 2.24) is 4.98 Å². The molecule has 24 heavy (non-hydrogen) atoms. The van der Waals surface area contributed by atoms with Gasteiger partial charge in [-0.3, -0.25) is 0 Å². The van der Waals surface area contributed by atoms with Crippen LogP contribution in [0.3, 0.4) is 0 Å². The first-order valence-electron chi connectivity index (χ1n) is 7.42. The Morgan fingerprint density at radius 2 is 2.33 bits per heavy atom. The van der Waals surface area contributed by atoms with Crippen LogP contribution in [0.4, 0.5) is 0 Å². The number of aliphatic imine (C=N–C) groups is 1. The van der Waals surface area contributed by atoms with Gasteiger partial charge in [-0.15, -0.1) is 0 Å². The Labute approximate surface area is 154 Å². The van der Waals surface area contributed by atoms with Gasteiger partial charge in [0.1, 0.15) is 0 Å². The molecule has 0 aliphatic carbocycles. The van der Waals surface area contributed by atoms with Crippen LogP contribution in [0, 0.1) is 0 Å². The van der Waals surface area contributed by atoms with Gasteiger partial charge in [-0.1, -0.05) is 0 Å². The molecule has 1 aromatic carbocycles. The second-order valence-electron chi connectivity index (χ2n) is 5.54. The topological polar surface area (TPSA) is 72.9 Å². The van der Waals surface area contributed by atoms with Crippen molar-refractivity contribution in [3.8, 4) is 0 Å². The molecule has 0 amide bonds. The second-order valence-corrected chi connectivity index (χ2v) is 10.3. The summed E-state index contributed by atoms with van der Waals surface area (Å²) in [5, 5.41) is 4.75. The van der Waals surface area contributed by atoms with E-state index in [1.165, 1.54) is 5.56 Å². The molecule has 1 aromatic heterocycles. The first kappa shape index (κ1) is 17.2. The van der Waals surface area contributed by atoms with Crippen LogP contribution in [-0.2, 0) is 17.0 Å². The number of nitrogens with zero attached hydrogens (tertiary/aromatic N) is 3. The van der Waals surface area contributed by atoms with E-state index in [2.05, 4.69) is 34.2 Å². The van der Waals surface area contributed by atoms with Crippen LogP contribution in [0.25, 0.3) is 0 Å². The Morgan fingerprint density at radius 3 is 3.12 bits per heavy atom. The quantitative estimate of drug-likeness (QED) is 0.298. The van der Waals surface area contributed by atoms with Gasteiger partial charge in [0.2, 0.25) is 0 Å². The third-order valence-electron chi connectivity index (χ3n) is 3.54. The van der Waals surface area contributed by atoms with Crippen molar-refractivity contribution in [2.45, 2.75) is 19.1 Å². The van der Waals surface area contributed by atoms with Gasteiger partial charge in [0.25, 0.3) is 0 Å². The van der Waals surface area contributed by atoms with Crippen LogP contribution >= 0.6 is 8.93 Å². The molecule has 7 heteroatoms. The van der Waals surface area contributed by atoms with Gasteiger partial charge >= 0.3 is 149 Å². The molecule has 2 N–H and O–H groups in total. The zero-order chi connectivity index (χ0) is 16.8. The Kier molecular flexibility index (Phi) is 5.72. The molecule has 0 saturated carbocycles. The van der Waals surface area contributed by atoms with Gasteiger partial charge in [0, 0.05) is 6.20 Å². The number of pyridine rings is 1. The van der Waals surface area contributed by atoms with E-state index in [4.69, 9.17) is 10.6 Å². The van der Waals surface area contributed by atoms with Crippen molar-refractivity contribution >= 4 is 20.3 Å². The monoisotopic (exact) mass is 453 g/mol. The molecule has 1 atom stereocenters. The first-order chi connectivity index (χ1) is 11.7. The normalized spacial score (nSPS) is 21.1. The number of aromatic nitrogens is 1. The number of rotatable bonds is 5. The predicted molar refractivity (Wildman–Crippen MR) is 94.5 cm³/mol. The summed E-state index contributed by atoms with van der Waals surface area (Å²) in [6, 6.07) is 12.1. The second kappa shape index (κ2) is 7.98. The maximum atomic E-state index is 5.93. The number of halogens is 1. The Hall–Kier alpha value is -1.61. The minimum atomic E-state index is -0.219. The molecular weight excluding hydrogens is 435 g/mol. The van der Waals surface area contributed by atoms with Crippen LogP contribution in [-0.4, -0.2) is 20.8 Å².